The highest BCUT2D eigenvalue weighted by molar-refractivity contribution is 8.03. The maximum Gasteiger partial charge on any atom is 0.250 e. The molecule has 0 radical (unpaired) electrons. The molecule has 0 aliphatic carbocycles. The summed E-state index contributed by atoms with van der Waals surface area (Å²) < 4.78 is 1.61. The van der Waals surface area contributed by atoms with E-state index in [1.54, 1.807) is 29.3 Å². The average molecular weight is 455 g/mol. The maximum atomic E-state index is 11.9. The van der Waals surface area contributed by atoms with Crippen LogP contribution in [0.15, 0.2) is 50.2 Å². The number of carbonyl (C=O) groups excluding carboxylic acids is 1. The number of halogens is 1. The van der Waals surface area contributed by atoms with Gasteiger partial charge in [-0.15, -0.1) is 21.5 Å². The van der Waals surface area contributed by atoms with Crippen molar-refractivity contribution in [1.82, 2.24) is 15.6 Å². The van der Waals surface area contributed by atoms with Crippen molar-refractivity contribution in [3.05, 3.63) is 56.7 Å². The Hall–Kier alpha value is -1.39. The van der Waals surface area contributed by atoms with E-state index in [1.807, 2.05) is 43.3 Å². The van der Waals surface area contributed by atoms with Crippen molar-refractivity contribution in [2.45, 2.75) is 21.4 Å². The number of benzene rings is 1. The average Bonchev–Trinajstić information content (AvgIpc) is 3.28. The predicted octanol–water partition coefficient (Wildman–Crippen LogP) is 5.10. The van der Waals surface area contributed by atoms with Crippen molar-refractivity contribution in [3.8, 4) is 0 Å². The molecular formula is C17H15ClN4OS4. The topological polar surface area (TPSA) is 67.2 Å². The predicted molar refractivity (Wildman–Crippen MR) is 116 cm³/mol. The summed E-state index contributed by atoms with van der Waals surface area (Å²) in [6.45, 7) is 2.03. The van der Waals surface area contributed by atoms with Gasteiger partial charge in [-0.05, 0) is 30.7 Å². The van der Waals surface area contributed by atoms with E-state index >= 15 is 0 Å². The molecule has 2 aromatic heterocycles. The molecule has 0 spiro atoms. The molecule has 1 amide bonds. The molecule has 3 aromatic rings. The summed E-state index contributed by atoms with van der Waals surface area (Å²) in [6.07, 6.45) is 1.65. The molecule has 0 saturated carbocycles. The highest BCUT2D eigenvalue weighted by Crippen LogP contribution is 2.32. The summed E-state index contributed by atoms with van der Waals surface area (Å²) >= 11 is 12.2. The number of hydrogen-bond donors (Lipinski definition) is 1. The van der Waals surface area contributed by atoms with Gasteiger partial charge in [-0.1, -0.05) is 64.7 Å². The molecule has 1 N–H and O–H groups in total. The summed E-state index contributed by atoms with van der Waals surface area (Å²) in [5.41, 5.74) is 3.59. The Bertz CT molecular complexity index is 940. The minimum atomic E-state index is -0.176. The zero-order valence-corrected chi connectivity index (χ0v) is 18.2. The van der Waals surface area contributed by atoms with Gasteiger partial charge < -0.3 is 0 Å². The third-order valence-electron chi connectivity index (χ3n) is 3.17. The van der Waals surface area contributed by atoms with Gasteiger partial charge in [0.25, 0.3) is 5.91 Å². The van der Waals surface area contributed by atoms with E-state index in [2.05, 4.69) is 20.7 Å². The van der Waals surface area contributed by atoms with Crippen LogP contribution in [0.25, 0.3) is 0 Å². The van der Waals surface area contributed by atoms with E-state index in [9.17, 15) is 4.79 Å². The maximum absolute atomic E-state index is 11.9. The summed E-state index contributed by atoms with van der Waals surface area (Å²) in [7, 11) is 0. The van der Waals surface area contributed by atoms with Crippen LogP contribution in [0.1, 0.15) is 15.3 Å². The Morgan fingerprint density at radius 2 is 1.96 bits per heavy atom. The molecule has 0 aliphatic rings. The first-order valence-electron chi connectivity index (χ1n) is 7.81. The number of aromatic nitrogens is 2. The van der Waals surface area contributed by atoms with Crippen LogP contribution in [0.2, 0.25) is 5.02 Å². The van der Waals surface area contributed by atoms with Crippen LogP contribution in [0.3, 0.4) is 0 Å². The standard InChI is InChI=1S/C17H15ClN4OS4/c1-11-6-7-13(26-11)8-19-20-15(23)10-25-17-22-21-16(27-17)24-9-12-4-2-3-5-14(12)18/h2-8H,9-10H2,1H3,(H,20,23)/b19-8+. The minimum absolute atomic E-state index is 0.176. The molecule has 140 valence electrons. The summed E-state index contributed by atoms with van der Waals surface area (Å²) in [6, 6.07) is 11.7. The van der Waals surface area contributed by atoms with Gasteiger partial charge in [0.1, 0.15) is 0 Å². The number of rotatable bonds is 8. The molecule has 0 bridgehead atoms. The molecule has 0 atom stereocenters. The molecule has 27 heavy (non-hydrogen) atoms. The number of hydrazone groups is 1. The van der Waals surface area contributed by atoms with Crippen LogP contribution in [-0.2, 0) is 10.5 Å². The molecule has 0 aliphatic heterocycles. The Morgan fingerprint density at radius 1 is 1.19 bits per heavy atom. The zero-order valence-electron chi connectivity index (χ0n) is 14.2. The van der Waals surface area contributed by atoms with Gasteiger partial charge in [0.2, 0.25) is 0 Å². The molecule has 0 fully saturated rings. The van der Waals surface area contributed by atoms with Crippen LogP contribution in [0.4, 0.5) is 0 Å². The van der Waals surface area contributed by atoms with Gasteiger partial charge in [-0.3, -0.25) is 4.79 Å². The normalized spacial score (nSPS) is 11.2. The van der Waals surface area contributed by atoms with Crippen LogP contribution >= 0.6 is 57.8 Å². The first-order chi connectivity index (χ1) is 13.1. The van der Waals surface area contributed by atoms with E-state index in [-0.39, 0.29) is 11.7 Å². The molecule has 3 rings (SSSR count). The number of hydrogen-bond acceptors (Lipinski definition) is 8. The minimum Gasteiger partial charge on any atom is -0.272 e. The number of carbonyl (C=O) groups is 1. The highest BCUT2D eigenvalue weighted by Gasteiger charge is 2.09. The molecule has 2 heterocycles. The molecule has 0 unspecified atom stereocenters. The number of amides is 1. The fraction of sp³-hybridized carbons (Fsp3) is 0.176. The van der Waals surface area contributed by atoms with Crippen LogP contribution in [0.5, 0.6) is 0 Å². The van der Waals surface area contributed by atoms with Gasteiger partial charge in [0, 0.05) is 20.5 Å². The molecular weight excluding hydrogens is 440 g/mol. The highest BCUT2D eigenvalue weighted by atomic mass is 35.5. The van der Waals surface area contributed by atoms with Crippen molar-refractivity contribution < 1.29 is 4.79 Å². The monoisotopic (exact) mass is 454 g/mol. The van der Waals surface area contributed by atoms with Crippen LogP contribution in [-0.4, -0.2) is 28.1 Å². The number of aryl methyl sites for hydroxylation is 1. The zero-order chi connectivity index (χ0) is 19.1. The second kappa shape index (κ2) is 10.2. The number of thioether (sulfide) groups is 2. The van der Waals surface area contributed by atoms with Gasteiger partial charge >= 0.3 is 0 Å². The van der Waals surface area contributed by atoms with Crippen molar-refractivity contribution in [2.24, 2.45) is 5.10 Å². The second-order valence-electron chi connectivity index (χ2n) is 5.24. The van der Waals surface area contributed by atoms with Crippen LogP contribution in [0, 0.1) is 6.92 Å². The van der Waals surface area contributed by atoms with E-state index in [4.69, 9.17) is 11.6 Å². The fourth-order valence-corrected chi connectivity index (χ4v) is 5.77. The van der Waals surface area contributed by atoms with Crippen molar-refractivity contribution in [3.63, 3.8) is 0 Å². The van der Waals surface area contributed by atoms with Crippen LogP contribution < -0.4 is 5.43 Å². The SMILES string of the molecule is Cc1ccc(/C=N/NC(=O)CSc2nnc(SCc3ccccc3Cl)s2)s1. The lowest BCUT2D eigenvalue weighted by Crippen LogP contribution is -2.19. The van der Waals surface area contributed by atoms with Crippen molar-refractivity contribution >= 4 is 69.9 Å². The van der Waals surface area contributed by atoms with E-state index in [1.165, 1.54) is 28.0 Å². The van der Waals surface area contributed by atoms with Crippen molar-refractivity contribution in [1.29, 1.82) is 0 Å². The van der Waals surface area contributed by atoms with Gasteiger partial charge in [-0.2, -0.15) is 5.10 Å². The number of nitrogens with zero attached hydrogens (tertiary/aromatic N) is 3. The molecule has 5 nitrogen and oxygen atoms in total. The molecule has 10 heteroatoms. The Kier molecular flexibility index (Phi) is 7.71. The van der Waals surface area contributed by atoms with E-state index in [0.717, 1.165) is 29.9 Å². The smallest absolute Gasteiger partial charge is 0.250 e. The number of thiophene rings is 1. The first-order valence-corrected chi connectivity index (χ1v) is 11.8. The Balaban J connectivity index is 1.41. The summed E-state index contributed by atoms with van der Waals surface area (Å²) in [5, 5.41) is 13.0. The Labute approximate surface area is 178 Å². The summed E-state index contributed by atoms with van der Waals surface area (Å²) in [5.74, 6) is 0.797. The van der Waals surface area contributed by atoms with E-state index < -0.39 is 0 Å². The quantitative estimate of drug-likeness (QED) is 0.291. The molecule has 0 saturated heterocycles. The fourth-order valence-electron chi connectivity index (χ4n) is 1.92. The number of nitrogens with one attached hydrogen (secondary N) is 1. The lowest BCUT2D eigenvalue weighted by Gasteiger charge is -2.00. The third-order valence-corrected chi connectivity index (χ3v) is 7.71. The third kappa shape index (κ3) is 6.62. The largest absolute Gasteiger partial charge is 0.272 e. The lowest BCUT2D eigenvalue weighted by molar-refractivity contribution is -0.118. The molecule has 1 aromatic carbocycles. The van der Waals surface area contributed by atoms with Gasteiger partial charge in [-0.25, -0.2) is 5.43 Å². The van der Waals surface area contributed by atoms with Gasteiger partial charge in [0.05, 0.1) is 12.0 Å². The lowest BCUT2D eigenvalue weighted by atomic mass is 10.2. The first kappa shape index (κ1) is 20.3. The van der Waals surface area contributed by atoms with E-state index in [0.29, 0.717) is 0 Å². The summed E-state index contributed by atoms with van der Waals surface area (Å²) in [4.78, 5) is 14.1. The van der Waals surface area contributed by atoms with Gasteiger partial charge in [0.15, 0.2) is 8.68 Å². The Morgan fingerprint density at radius 3 is 2.70 bits per heavy atom. The van der Waals surface area contributed by atoms with Crippen molar-refractivity contribution in [2.75, 3.05) is 5.75 Å². The second-order valence-corrected chi connectivity index (χ2v) is 10.4.